The third kappa shape index (κ3) is 3.87. The Morgan fingerprint density at radius 2 is 1.70 bits per heavy atom. The molecule has 5 rings (SSSR count). The summed E-state index contributed by atoms with van der Waals surface area (Å²) in [5.74, 6) is 0.132. The van der Waals surface area contributed by atoms with E-state index in [0.29, 0.717) is 24.3 Å². The molecule has 1 aromatic carbocycles. The highest BCUT2D eigenvalue weighted by Crippen LogP contribution is 2.33. The third-order valence-corrected chi connectivity index (χ3v) is 5.55. The summed E-state index contributed by atoms with van der Waals surface area (Å²) in [7, 11) is 0. The van der Waals surface area contributed by atoms with Crippen LogP contribution in [0.2, 0.25) is 0 Å². The molecule has 0 aliphatic heterocycles. The highest BCUT2D eigenvalue weighted by Gasteiger charge is 2.26. The van der Waals surface area contributed by atoms with E-state index in [1.54, 1.807) is 10.9 Å². The van der Waals surface area contributed by atoms with E-state index in [4.69, 9.17) is 5.73 Å². The van der Waals surface area contributed by atoms with Crippen LogP contribution in [-0.2, 0) is 13.0 Å². The molecule has 0 aliphatic carbocycles. The zero-order valence-corrected chi connectivity index (χ0v) is 18.5. The number of nitrogens with one attached hydrogen (secondary N) is 1. The van der Waals surface area contributed by atoms with Crippen molar-refractivity contribution in [1.29, 1.82) is 0 Å². The van der Waals surface area contributed by atoms with Gasteiger partial charge in [-0.25, -0.2) is 9.89 Å². The lowest BCUT2D eigenvalue weighted by atomic mass is 9.99. The van der Waals surface area contributed by atoms with Crippen molar-refractivity contribution in [3.63, 3.8) is 0 Å². The number of nitrogens with zero attached hydrogens (tertiary/aromatic N) is 5. The number of pyridine rings is 2. The molecule has 3 N–H and O–H groups in total. The summed E-state index contributed by atoms with van der Waals surface area (Å²) in [5.41, 5.74) is 12.7. The Hall–Kier alpha value is -4.33. The Bertz CT molecular complexity index is 1490. The molecule has 164 valence electrons. The van der Waals surface area contributed by atoms with Crippen molar-refractivity contribution in [2.45, 2.75) is 26.8 Å². The molecule has 0 fully saturated rings. The van der Waals surface area contributed by atoms with Gasteiger partial charge in [-0.2, -0.15) is 4.68 Å². The quantitative estimate of drug-likeness (QED) is 0.411. The number of nitrogen functional groups attached to an aromatic ring is 1. The second kappa shape index (κ2) is 8.31. The number of H-pyrrole nitrogens is 1. The number of aromatic nitrogens is 6. The molecule has 0 atom stereocenters. The molecule has 0 aliphatic rings. The predicted octanol–water partition coefficient (Wildman–Crippen LogP) is 2.88. The van der Waals surface area contributed by atoms with Gasteiger partial charge in [0, 0.05) is 35.3 Å². The van der Waals surface area contributed by atoms with Crippen LogP contribution in [-0.4, -0.2) is 24.7 Å². The maximum Gasteiger partial charge on any atom is 0.428 e. The summed E-state index contributed by atoms with van der Waals surface area (Å²) in [5, 5.41) is 3.29. The van der Waals surface area contributed by atoms with Gasteiger partial charge < -0.3 is 5.73 Å². The number of aryl methyl sites for hydroxylation is 4. The van der Waals surface area contributed by atoms with E-state index in [1.807, 2.05) is 74.5 Å². The maximum atomic E-state index is 13.3. The molecule has 4 aromatic heterocycles. The van der Waals surface area contributed by atoms with Crippen LogP contribution in [0.3, 0.4) is 0 Å². The molecule has 4 heterocycles. The molecular weight excluding hydrogens is 414 g/mol. The standard InChI is InChI=1S/C25H23N7O/c1-16-14-19(15-17(2)28-16)21-22(18-8-4-3-5-9-18)29-24(26)32-23(21)30-31(25(32)33)13-11-20-10-6-7-12-27-20/h3-10,12,14-15H,11,13H2,1-2H3,(H2,26,28,29,30)/p+1. The lowest BCUT2D eigenvalue weighted by molar-refractivity contribution is -0.516. The van der Waals surface area contributed by atoms with Crippen LogP contribution in [0.15, 0.2) is 71.7 Å². The third-order valence-electron chi connectivity index (χ3n) is 5.55. The summed E-state index contributed by atoms with van der Waals surface area (Å²) in [6, 6.07) is 19.6. The molecule has 0 bridgehead atoms. The first-order valence-electron chi connectivity index (χ1n) is 10.8. The Balaban J connectivity index is 1.75. The van der Waals surface area contributed by atoms with E-state index in [1.165, 1.54) is 4.40 Å². The van der Waals surface area contributed by atoms with Gasteiger partial charge in [-0.15, -0.1) is 9.38 Å². The van der Waals surface area contributed by atoms with Gasteiger partial charge in [0.15, 0.2) is 0 Å². The fourth-order valence-electron chi connectivity index (χ4n) is 4.14. The minimum absolute atomic E-state index is 0.132. The van der Waals surface area contributed by atoms with Crippen LogP contribution >= 0.6 is 0 Å². The fourth-order valence-corrected chi connectivity index (χ4v) is 4.14. The van der Waals surface area contributed by atoms with Crippen molar-refractivity contribution in [2.75, 3.05) is 5.73 Å². The van der Waals surface area contributed by atoms with Gasteiger partial charge in [0.25, 0.3) is 0 Å². The van der Waals surface area contributed by atoms with Crippen molar-refractivity contribution in [3.8, 4) is 22.4 Å². The van der Waals surface area contributed by atoms with E-state index in [9.17, 15) is 4.79 Å². The summed E-state index contributed by atoms with van der Waals surface area (Å²) >= 11 is 0. The van der Waals surface area contributed by atoms with Crippen LogP contribution in [0.25, 0.3) is 28.0 Å². The van der Waals surface area contributed by atoms with Gasteiger partial charge >= 0.3 is 11.6 Å². The Morgan fingerprint density at radius 1 is 0.970 bits per heavy atom. The molecule has 0 saturated heterocycles. The number of benzene rings is 1. The lowest BCUT2D eigenvalue weighted by Crippen LogP contribution is -2.44. The summed E-state index contributed by atoms with van der Waals surface area (Å²) in [6.07, 6.45) is 2.36. The smallest absolute Gasteiger partial charge is 0.319 e. The number of anilines is 1. The van der Waals surface area contributed by atoms with Crippen molar-refractivity contribution in [1.82, 2.24) is 24.7 Å². The topological polar surface area (TPSA) is 107 Å². The summed E-state index contributed by atoms with van der Waals surface area (Å²) < 4.78 is 2.99. The van der Waals surface area contributed by atoms with E-state index < -0.39 is 0 Å². The fraction of sp³-hybridized carbons (Fsp3) is 0.160. The van der Waals surface area contributed by atoms with Crippen molar-refractivity contribution in [2.24, 2.45) is 0 Å². The molecular formula is C25H24N7O+. The van der Waals surface area contributed by atoms with Crippen LogP contribution in [0.1, 0.15) is 17.1 Å². The molecule has 33 heavy (non-hydrogen) atoms. The Labute approximate surface area is 190 Å². The number of nitrogens with two attached hydrogens (primary N) is 1. The number of hydrogen-bond donors (Lipinski definition) is 2. The Kier molecular flexibility index (Phi) is 5.18. The van der Waals surface area contributed by atoms with Gasteiger partial charge in [0.2, 0.25) is 5.65 Å². The van der Waals surface area contributed by atoms with Gasteiger partial charge in [-0.3, -0.25) is 9.97 Å². The Morgan fingerprint density at radius 3 is 2.39 bits per heavy atom. The number of aromatic amines is 1. The number of fused-ring (bicyclic) bond motifs is 1. The minimum Gasteiger partial charge on any atom is -0.319 e. The van der Waals surface area contributed by atoms with Crippen LogP contribution in [0.4, 0.5) is 5.95 Å². The van der Waals surface area contributed by atoms with E-state index >= 15 is 0 Å². The highest BCUT2D eigenvalue weighted by atomic mass is 16.2. The van der Waals surface area contributed by atoms with Crippen molar-refractivity contribution >= 4 is 11.6 Å². The largest absolute Gasteiger partial charge is 0.428 e. The zero-order chi connectivity index (χ0) is 22.9. The SMILES string of the molecule is Cc1cc(-c2c(-c3ccccc3)nc(N)[n+]3c(=O)n(CCc4ccccn4)[nH]c23)cc(C)n1. The average Bonchev–Trinajstić information content (AvgIpc) is 3.14. The lowest BCUT2D eigenvalue weighted by Gasteiger charge is -2.10. The predicted molar refractivity (Wildman–Crippen MR) is 127 cm³/mol. The summed E-state index contributed by atoms with van der Waals surface area (Å²) in [4.78, 5) is 26.8. The van der Waals surface area contributed by atoms with Crippen LogP contribution in [0, 0.1) is 13.8 Å². The van der Waals surface area contributed by atoms with Crippen LogP contribution in [0.5, 0.6) is 0 Å². The number of rotatable bonds is 5. The number of hydrogen-bond acceptors (Lipinski definition) is 5. The van der Waals surface area contributed by atoms with E-state index in [2.05, 4.69) is 20.1 Å². The average molecular weight is 439 g/mol. The molecule has 5 aromatic rings. The molecule has 0 saturated carbocycles. The van der Waals surface area contributed by atoms with Crippen LogP contribution < -0.4 is 15.8 Å². The molecule has 8 heteroatoms. The van der Waals surface area contributed by atoms with Gasteiger partial charge in [0.05, 0.1) is 12.1 Å². The second-order valence-corrected chi connectivity index (χ2v) is 8.00. The van der Waals surface area contributed by atoms with Crippen molar-refractivity contribution in [3.05, 3.63) is 94.4 Å². The maximum absolute atomic E-state index is 13.3. The minimum atomic E-state index is -0.269. The van der Waals surface area contributed by atoms with Gasteiger partial charge in [-0.05, 0) is 43.7 Å². The second-order valence-electron chi connectivity index (χ2n) is 8.00. The molecule has 0 radical (unpaired) electrons. The van der Waals surface area contributed by atoms with E-state index in [-0.39, 0.29) is 11.6 Å². The van der Waals surface area contributed by atoms with Gasteiger partial charge in [0.1, 0.15) is 5.69 Å². The summed E-state index contributed by atoms with van der Waals surface area (Å²) in [6.45, 7) is 4.34. The first kappa shape index (κ1) is 20.6. The van der Waals surface area contributed by atoms with Crippen molar-refractivity contribution < 1.29 is 4.40 Å². The monoisotopic (exact) mass is 438 g/mol. The zero-order valence-electron chi connectivity index (χ0n) is 18.5. The van der Waals surface area contributed by atoms with Gasteiger partial charge in [-0.1, -0.05) is 36.4 Å². The van der Waals surface area contributed by atoms with E-state index in [0.717, 1.165) is 33.8 Å². The molecule has 0 spiro atoms. The highest BCUT2D eigenvalue weighted by molar-refractivity contribution is 5.88. The first-order chi connectivity index (χ1) is 16.0. The molecule has 0 unspecified atom stereocenters. The molecule has 8 nitrogen and oxygen atoms in total. The normalized spacial score (nSPS) is 11.2. The first-order valence-corrected chi connectivity index (χ1v) is 10.8. The molecule has 0 amide bonds.